The summed E-state index contributed by atoms with van der Waals surface area (Å²) in [5.74, 6) is -1.42. The molecule has 20 heavy (non-hydrogen) atoms. The Kier molecular flexibility index (Phi) is 2.71. The van der Waals surface area contributed by atoms with E-state index in [1.54, 1.807) is 12.1 Å². The van der Waals surface area contributed by atoms with Crippen molar-refractivity contribution in [2.45, 2.75) is 13.5 Å². The largest absolute Gasteiger partial charge is 0.475 e. The molecule has 0 atom stereocenters. The van der Waals surface area contributed by atoms with Crippen LogP contribution in [0.5, 0.6) is 0 Å². The monoisotopic (exact) mass is 273 g/mol. The van der Waals surface area contributed by atoms with E-state index in [1.165, 1.54) is 16.7 Å². The number of oxazole rings is 1. The van der Waals surface area contributed by atoms with Crippen molar-refractivity contribution in [3.05, 3.63) is 58.0 Å². The fourth-order valence-electron chi connectivity index (χ4n) is 2.06. The van der Waals surface area contributed by atoms with E-state index in [0.717, 1.165) is 5.56 Å². The van der Waals surface area contributed by atoms with E-state index in [4.69, 9.17) is 13.9 Å². The van der Waals surface area contributed by atoms with Gasteiger partial charge in [0.15, 0.2) is 5.58 Å². The van der Waals surface area contributed by atoms with Crippen LogP contribution in [0.1, 0.15) is 21.9 Å². The van der Waals surface area contributed by atoms with E-state index in [-0.39, 0.29) is 12.3 Å². The molecule has 3 aromatic rings. The molecular formula is C14H11NO5. The molecule has 0 spiro atoms. The molecule has 0 amide bonds. The third-order valence-electron chi connectivity index (χ3n) is 3.01. The Balaban J connectivity index is 2.03. The summed E-state index contributed by atoms with van der Waals surface area (Å²) in [4.78, 5) is 22.6. The minimum absolute atomic E-state index is 0.127. The highest BCUT2D eigenvalue weighted by molar-refractivity contribution is 5.84. The second kappa shape index (κ2) is 4.41. The predicted molar refractivity (Wildman–Crippen MR) is 70.0 cm³/mol. The van der Waals surface area contributed by atoms with Gasteiger partial charge < -0.3 is 13.9 Å². The molecule has 1 N–H and O–H groups in total. The molecule has 0 saturated heterocycles. The topological polar surface area (TPSA) is 85.6 Å². The van der Waals surface area contributed by atoms with Crippen LogP contribution in [0.2, 0.25) is 0 Å². The van der Waals surface area contributed by atoms with Crippen LogP contribution >= 0.6 is 0 Å². The Bertz CT molecular complexity index is 852. The maximum atomic E-state index is 11.8. The zero-order valence-corrected chi connectivity index (χ0v) is 10.6. The quantitative estimate of drug-likeness (QED) is 0.791. The van der Waals surface area contributed by atoms with Crippen molar-refractivity contribution in [2.75, 3.05) is 0 Å². The van der Waals surface area contributed by atoms with Crippen LogP contribution in [0, 0.1) is 6.92 Å². The third-order valence-corrected chi connectivity index (χ3v) is 3.01. The summed E-state index contributed by atoms with van der Waals surface area (Å²) in [6, 6.07) is 8.32. The molecule has 102 valence electrons. The lowest BCUT2D eigenvalue weighted by atomic mass is 10.2. The summed E-state index contributed by atoms with van der Waals surface area (Å²) < 4.78 is 11.7. The number of carboxylic acid groups (broad SMARTS) is 1. The fraction of sp³-hybridized carbons (Fsp3) is 0.143. The lowest BCUT2D eigenvalue weighted by Gasteiger charge is -1.99. The maximum absolute atomic E-state index is 11.8. The number of nitrogens with zero attached hydrogens (tertiary/aromatic N) is 1. The zero-order valence-electron chi connectivity index (χ0n) is 10.6. The van der Waals surface area contributed by atoms with Gasteiger partial charge >= 0.3 is 11.7 Å². The van der Waals surface area contributed by atoms with Gasteiger partial charge in [-0.15, -0.1) is 0 Å². The minimum atomic E-state index is -1.14. The number of rotatable bonds is 3. The lowest BCUT2D eigenvalue weighted by Crippen LogP contribution is -2.14. The molecule has 0 aliphatic heterocycles. The molecule has 0 aliphatic carbocycles. The fourth-order valence-corrected chi connectivity index (χ4v) is 2.06. The van der Waals surface area contributed by atoms with Gasteiger partial charge in [0, 0.05) is 0 Å². The van der Waals surface area contributed by atoms with E-state index < -0.39 is 11.7 Å². The number of carboxylic acids is 1. The maximum Gasteiger partial charge on any atom is 0.420 e. The summed E-state index contributed by atoms with van der Waals surface area (Å²) in [6.07, 6.45) is 0. The molecule has 0 aliphatic rings. The second-order valence-corrected chi connectivity index (χ2v) is 4.50. The zero-order chi connectivity index (χ0) is 14.3. The van der Waals surface area contributed by atoms with Crippen molar-refractivity contribution < 1.29 is 18.7 Å². The van der Waals surface area contributed by atoms with Crippen LogP contribution in [0.4, 0.5) is 0 Å². The number of aryl methyl sites for hydroxylation is 1. The lowest BCUT2D eigenvalue weighted by molar-refractivity contribution is 0.0660. The molecule has 3 rings (SSSR count). The summed E-state index contributed by atoms with van der Waals surface area (Å²) in [6.45, 7) is 2.03. The highest BCUT2D eigenvalue weighted by atomic mass is 16.4. The molecule has 2 heterocycles. The van der Waals surface area contributed by atoms with E-state index in [2.05, 4.69) is 0 Å². The predicted octanol–water partition coefficient (Wildman–Crippen LogP) is 2.24. The molecule has 0 saturated carbocycles. The van der Waals surface area contributed by atoms with Gasteiger partial charge in [-0.25, -0.2) is 9.59 Å². The standard InChI is InChI=1S/C14H11NO5/c1-8-2-4-10-12(6-8)20-14(18)15(10)7-9-3-5-11(19-9)13(16)17/h2-6H,7H2,1H3,(H,16,17). The first kappa shape index (κ1) is 12.3. The highest BCUT2D eigenvalue weighted by Crippen LogP contribution is 2.17. The van der Waals surface area contributed by atoms with Crippen LogP contribution in [0.25, 0.3) is 11.1 Å². The number of aromatic carboxylic acids is 1. The molecule has 0 radical (unpaired) electrons. The van der Waals surface area contributed by atoms with Gasteiger partial charge in [-0.2, -0.15) is 0 Å². The van der Waals surface area contributed by atoms with Crippen LogP contribution in [-0.2, 0) is 6.54 Å². The van der Waals surface area contributed by atoms with E-state index in [1.807, 2.05) is 13.0 Å². The summed E-state index contributed by atoms with van der Waals surface area (Å²) >= 11 is 0. The summed E-state index contributed by atoms with van der Waals surface area (Å²) in [5, 5.41) is 8.80. The molecular weight excluding hydrogens is 262 g/mol. The Morgan fingerprint density at radius 3 is 2.75 bits per heavy atom. The first-order valence-electron chi connectivity index (χ1n) is 5.96. The van der Waals surface area contributed by atoms with Crippen LogP contribution in [-0.4, -0.2) is 15.6 Å². The van der Waals surface area contributed by atoms with Crippen molar-refractivity contribution in [1.29, 1.82) is 0 Å². The van der Waals surface area contributed by atoms with Crippen LogP contribution in [0.15, 0.2) is 44.0 Å². The van der Waals surface area contributed by atoms with Crippen molar-refractivity contribution in [1.82, 2.24) is 4.57 Å². The van der Waals surface area contributed by atoms with E-state index in [9.17, 15) is 9.59 Å². The van der Waals surface area contributed by atoms with Crippen molar-refractivity contribution in [3.63, 3.8) is 0 Å². The van der Waals surface area contributed by atoms with Gasteiger partial charge in [0.25, 0.3) is 0 Å². The summed E-state index contributed by atoms with van der Waals surface area (Å²) in [5.41, 5.74) is 2.14. The van der Waals surface area contributed by atoms with Crippen LogP contribution < -0.4 is 5.76 Å². The third kappa shape index (κ3) is 2.01. The minimum Gasteiger partial charge on any atom is -0.475 e. The smallest absolute Gasteiger partial charge is 0.420 e. The number of hydrogen-bond donors (Lipinski definition) is 1. The summed E-state index contributed by atoms with van der Waals surface area (Å²) in [7, 11) is 0. The normalized spacial score (nSPS) is 11.1. The molecule has 0 bridgehead atoms. The first-order valence-corrected chi connectivity index (χ1v) is 5.96. The molecule has 1 aromatic carbocycles. The second-order valence-electron chi connectivity index (χ2n) is 4.50. The average Bonchev–Trinajstić information content (AvgIpc) is 2.96. The molecule has 2 aromatic heterocycles. The Labute approximate surface area is 112 Å². The Morgan fingerprint density at radius 2 is 2.05 bits per heavy atom. The van der Waals surface area contributed by atoms with E-state index in [0.29, 0.717) is 16.9 Å². The first-order chi connectivity index (χ1) is 9.54. The molecule has 6 nitrogen and oxygen atoms in total. The average molecular weight is 273 g/mol. The van der Waals surface area contributed by atoms with Crippen LogP contribution in [0.3, 0.4) is 0 Å². The number of aromatic nitrogens is 1. The van der Waals surface area contributed by atoms with Gasteiger partial charge in [-0.3, -0.25) is 4.57 Å². The highest BCUT2D eigenvalue weighted by Gasteiger charge is 2.13. The van der Waals surface area contributed by atoms with Gasteiger partial charge in [-0.05, 0) is 36.8 Å². The number of benzene rings is 1. The number of fused-ring (bicyclic) bond motifs is 1. The van der Waals surface area contributed by atoms with Gasteiger partial charge in [0.05, 0.1) is 12.1 Å². The number of hydrogen-bond acceptors (Lipinski definition) is 4. The molecule has 6 heteroatoms. The SMILES string of the molecule is Cc1ccc2c(c1)oc(=O)n2Cc1ccc(C(=O)O)o1. The Hall–Kier alpha value is -2.76. The van der Waals surface area contributed by atoms with Gasteiger partial charge in [0.1, 0.15) is 5.76 Å². The molecule has 0 fully saturated rings. The van der Waals surface area contributed by atoms with Crippen molar-refractivity contribution in [2.24, 2.45) is 0 Å². The van der Waals surface area contributed by atoms with Crippen molar-refractivity contribution in [3.8, 4) is 0 Å². The van der Waals surface area contributed by atoms with Gasteiger partial charge in [-0.1, -0.05) is 6.07 Å². The molecule has 0 unspecified atom stereocenters. The van der Waals surface area contributed by atoms with Gasteiger partial charge in [0.2, 0.25) is 5.76 Å². The number of furan rings is 1. The number of carbonyl (C=O) groups is 1. The van der Waals surface area contributed by atoms with Crippen molar-refractivity contribution >= 4 is 17.1 Å². The van der Waals surface area contributed by atoms with E-state index >= 15 is 0 Å². The Morgan fingerprint density at radius 1 is 1.25 bits per heavy atom.